The number of fused-ring (bicyclic) bond motifs is 1. The first kappa shape index (κ1) is 26.7. The predicted octanol–water partition coefficient (Wildman–Crippen LogP) is 7.17. The van der Waals surface area contributed by atoms with Crippen LogP contribution in [0.1, 0.15) is 44.2 Å². The third-order valence-corrected chi connectivity index (χ3v) is 7.30. The molecule has 3 aromatic rings. The molecule has 0 saturated carbocycles. The fourth-order valence-electron chi connectivity index (χ4n) is 4.39. The van der Waals surface area contributed by atoms with Gasteiger partial charge >= 0.3 is 5.97 Å². The van der Waals surface area contributed by atoms with Gasteiger partial charge in [0.15, 0.2) is 0 Å². The van der Waals surface area contributed by atoms with Crippen LogP contribution in [-0.4, -0.2) is 36.1 Å². The average Bonchev–Trinajstić information content (AvgIpc) is 2.92. The Morgan fingerprint density at radius 3 is 2.41 bits per heavy atom. The van der Waals surface area contributed by atoms with Crippen molar-refractivity contribution in [2.45, 2.75) is 56.4 Å². The highest BCUT2D eigenvalue weighted by atomic mass is 32.2. The van der Waals surface area contributed by atoms with Crippen LogP contribution in [-0.2, 0) is 17.6 Å². The minimum Gasteiger partial charge on any atom is -0.490 e. The lowest BCUT2D eigenvalue weighted by atomic mass is 9.89. The highest BCUT2D eigenvalue weighted by Crippen LogP contribution is 2.37. The summed E-state index contributed by atoms with van der Waals surface area (Å²) in [5.41, 5.74) is 0.923. The summed E-state index contributed by atoms with van der Waals surface area (Å²) in [5, 5.41) is 9.65. The van der Waals surface area contributed by atoms with E-state index in [-0.39, 0.29) is 0 Å². The van der Waals surface area contributed by atoms with Crippen LogP contribution in [0.25, 0.3) is 0 Å². The quantitative estimate of drug-likeness (QED) is 0.200. The maximum atomic E-state index is 11.8. The Balaban J connectivity index is 1.34. The van der Waals surface area contributed by atoms with E-state index in [4.69, 9.17) is 18.9 Å². The summed E-state index contributed by atoms with van der Waals surface area (Å²) in [5.74, 6) is 2.69. The zero-order valence-corrected chi connectivity index (χ0v) is 22.4. The van der Waals surface area contributed by atoms with Gasteiger partial charge in [-0.2, -0.15) is 0 Å². The number of aryl methyl sites for hydroxylation is 2. The van der Waals surface area contributed by atoms with E-state index in [1.54, 1.807) is 17.8 Å². The standard InChI is InChI=1S/C30H34O6S/c1-4-6-22-19-25(35-23-9-12-26(37-3)13-10-23)11-14-27(22)34-18-17-33-24-8-7-21-15-16-30(5-2,29(31)32)36-28(21)20-24/h7-14,19-20H,4-6,15-18H2,1-3H3,(H,31,32). The molecule has 196 valence electrons. The van der Waals surface area contributed by atoms with Gasteiger partial charge in [-0.1, -0.05) is 26.3 Å². The topological polar surface area (TPSA) is 74.2 Å². The summed E-state index contributed by atoms with van der Waals surface area (Å²) in [4.78, 5) is 13.0. The van der Waals surface area contributed by atoms with E-state index in [2.05, 4.69) is 13.2 Å². The Labute approximate surface area is 222 Å². The molecule has 0 fully saturated rings. The number of carbonyl (C=O) groups is 1. The van der Waals surface area contributed by atoms with Crippen molar-refractivity contribution >= 4 is 17.7 Å². The zero-order chi connectivity index (χ0) is 26.3. The van der Waals surface area contributed by atoms with Crippen LogP contribution in [0, 0.1) is 0 Å². The summed E-state index contributed by atoms with van der Waals surface area (Å²) in [6, 6.07) is 19.6. The Morgan fingerprint density at radius 1 is 0.973 bits per heavy atom. The molecule has 1 heterocycles. The molecule has 0 bridgehead atoms. The first-order chi connectivity index (χ1) is 18.0. The molecule has 1 atom stereocenters. The van der Waals surface area contributed by atoms with Gasteiger partial charge in [0.25, 0.3) is 0 Å². The maximum Gasteiger partial charge on any atom is 0.348 e. The van der Waals surface area contributed by atoms with Crippen molar-refractivity contribution in [2.24, 2.45) is 0 Å². The van der Waals surface area contributed by atoms with E-state index in [9.17, 15) is 9.90 Å². The van der Waals surface area contributed by atoms with E-state index in [1.807, 2.05) is 61.5 Å². The number of rotatable bonds is 12. The summed E-state index contributed by atoms with van der Waals surface area (Å²) in [7, 11) is 0. The van der Waals surface area contributed by atoms with Gasteiger partial charge in [-0.3, -0.25) is 0 Å². The van der Waals surface area contributed by atoms with Crippen molar-refractivity contribution in [3.05, 3.63) is 71.8 Å². The summed E-state index contributed by atoms with van der Waals surface area (Å²) < 4.78 is 23.9. The van der Waals surface area contributed by atoms with Crippen LogP contribution < -0.4 is 18.9 Å². The Bertz CT molecular complexity index is 1210. The van der Waals surface area contributed by atoms with Gasteiger partial charge in [0.05, 0.1) is 0 Å². The second-order valence-electron chi connectivity index (χ2n) is 9.02. The largest absolute Gasteiger partial charge is 0.490 e. The van der Waals surface area contributed by atoms with Gasteiger partial charge in [-0.15, -0.1) is 11.8 Å². The Hall–Kier alpha value is -3.32. The smallest absolute Gasteiger partial charge is 0.348 e. The van der Waals surface area contributed by atoms with Crippen molar-refractivity contribution in [3.8, 4) is 28.7 Å². The minimum absolute atomic E-state index is 0.349. The van der Waals surface area contributed by atoms with Crippen molar-refractivity contribution in [1.29, 1.82) is 0 Å². The third-order valence-electron chi connectivity index (χ3n) is 6.56. The second kappa shape index (κ2) is 12.3. The fourth-order valence-corrected chi connectivity index (χ4v) is 4.80. The van der Waals surface area contributed by atoms with Gasteiger partial charge in [-0.25, -0.2) is 4.79 Å². The molecule has 0 aliphatic carbocycles. The van der Waals surface area contributed by atoms with Crippen LogP contribution in [0.4, 0.5) is 0 Å². The van der Waals surface area contributed by atoms with Crippen molar-refractivity contribution in [1.82, 2.24) is 0 Å². The molecule has 0 amide bonds. The van der Waals surface area contributed by atoms with E-state index >= 15 is 0 Å². The van der Waals surface area contributed by atoms with Crippen LogP contribution in [0.2, 0.25) is 0 Å². The molecule has 1 unspecified atom stereocenters. The Kier molecular flexibility index (Phi) is 8.87. The van der Waals surface area contributed by atoms with Crippen LogP contribution in [0.15, 0.2) is 65.6 Å². The number of hydrogen-bond acceptors (Lipinski definition) is 6. The maximum absolute atomic E-state index is 11.8. The lowest BCUT2D eigenvalue weighted by molar-refractivity contribution is -0.157. The molecule has 6 nitrogen and oxygen atoms in total. The van der Waals surface area contributed by atoms with E-state index in [1.165, 1.54) is 4.90 Å². The molecule has 4 rings (SSSR count). The Morgan fingerprint density at radius 2 is 1.70 bits per heavy atom. The number of benzene rings is 3. The molecular weight excluding hydrogens is 488 g/mol. The first-order valence-corrected chi connectivity index (χ1v) is 13.9. The van der Waals surface area contributed by atoms with E-state index in [0.717, 1.165) is 41.2 Å². The number of aliphatic carboxylic acids is 1. The fraction of sp³-hybridized carbons (Fsp3) is 0.367. The van der Waals surface area contributed by atoms with E-state index < -0.39 is 11.6 Å². The van der Waals surface area contributed by atoms with Gasteiger partial charge in [0.2, 0.25) is 5.60 Å². The SMILES string of the molecule is CCCc1cc(Oc2ccc(SC)cc2)ccc1OCCOc1ccc2c(c1)OC(CC)(C(=O)O)CC2. The monoisotopic (exact) mass is 522 g/mol. The second-order valence-corrected chi connectivity index (χ2v) is 9.90. The minimum atomic E-state index is -1.17. The van der Waals surface area contributed by atoms with Crippen molar-refractivity contribution < 1.29 is 28.8 Å². The lowest BCUT2D eigenvalue weighted by Crippen LogP contribution is -2.46. The van der Waals surface area contributed by atoms with Crippen molar-refractivity contribution in [2.75, 3.05) is 19.5 Å². The van der Waals surface area contributed by atoms with E-state index in [0.29, 0.717) is 44.0 Å². The third kappa shape index (κ3) is 6.52. The average molecular weight is 523 g/mol. The highest BCUT2D eigenvalue weighted by Gasteiger charge is 2.42. The number of hydrogen-bond donors (Lipinski definition) is 1. The molecule has 1 aliphatic heterocycles. The van der Waals surface area contributed by atoms with Crippen LogP contribution in [0.3, 0.4) is 0 Å². The summed E-state index contributed by atoms with van der Waals surface area (Å²) >= 11 is 1.70. The zero-order valence-electron chi connectivity index (χ0n) is 21.6. The highest BCUT2D eigenvalue weighted by molar-refractivity contribution is 7.98. The van der Waals surface area contributed by atoms with Gasteiger partial charge in [-0.05, 0) is 85.2 Å². The van der Waals surface area contributed by atoms with Gasteiger partial charge < -0.3 is 24.1 Å². The normalized spacial score (nSPS) is 16.4. The van der Waals surface area contributed by atoms with Gasteiger partial charge in [0.1, 0.15) is 42.0 Å². The van der Waals surface area contributed by atoms with Crippen LogP contribution >= 0.6 is 11.8 Å². The lowest BCUT2D eigenvalue weighted by Gasteiger charge is -2.34. The molecule has 1 aliphatic rings. The molecule has 1 N–H and O–H groups in total. The van der Waals surface area contributed by atoms with Crippen molar-refractivity contribution in [3.63, 3.8) is 0 Å². The number of thioether (sulfide) groups is 1. The summed E-state index contributed by atoms with van der Waals surface area (Å²) in [6.45, 7) is 4.70. The molecule has 0 radical (unpaired) electrons. The molecule has 37 heavy (non-hydrogen) atoms. The van der Waals surface area contributed by atoms with Gasteiger partial charge in [0, 0.05) is 17.4 Å². The molecule has 0 saturated heterocycles. The van der Waals surface area contributed by atoms with Crippen LogP contribution in [0.5, 0.6) is 28.7 Å². The molecule has 0 spiro atoms. The molecule has 7 heteroatoms. The predicted molar refractivity (Wildman–Crippen MR) is 146 cm³/mol. The number of ether oxygens (including phenoxy) is 4. The molecule has 3 aromatic carbocycles. The molecule has 0 aromatic heterocycles. The number of carboxylic acids is 1. The molecular formula is C30H34O6S. The summed E-state index contributed by atoms with van der Waals surface area (Å²) in [6.07, 6.45) is 5.47. The number of carboxylic acid groups (broad SMARTS) is 1. The first-order valence-electron chi connectivity index (χ1n) is 12.7.